The van der Waals surface area contributed by atoms with E-state index in [1.54, 1.807) is 18.9 Å². The lowest BCUT2D eigenvalue weighted by molar-refractivity contribution is -0.112. The smallest absolute Gasteiger partial charge is 0.296 e. The molecule has 1 heterocycles. The van der Waals surface area contributed by atoms with Crippen molar-refractivity contribution in [2.75, 3.05) is 23.8 Å². The summed E-state index contributed by atoms with van der Waals surface area (Å²) < 4.78 is 13.9. The van der Waals surface area contributed by atoms with Crippen LogP contribution in [0.3, 0.4) is 0 Å². The normalized spacial score (nSPS) is 15.2. The van der Waals surface area contributed by atoms with Crippen LogP contribution in [-0.2, 0) is 4.79 Å². The summed E-state index contributed by atoms with van der Waals surface area (Å²) in [5, 5.41) is 11.6. The summed E-state index contributed by atoms with van der Waals surface area (Å²) >= 11 is 0. The highest BCUT2D eigenvalue weighted by molar-refractivity contribution is 6.51. The summed E-state index contributed by atoms with van der Waals surface area (Å²) in [5.41, 5.74) is 0.680. The highest BCUT2D eigenvalue weighted by Crippen LogP contribution is 2.30. The van der Waals surface area contributed by atoms with Crippen molar-refractivity contribution in [2.45, 2.75) is 19.4 Å². The van der Waals surface area contributed by atoms with Crippen molar-refractivity contribution < 1.29 is 19.1 Å². The molecule has 5 nitrogen and oxygen atoms in total. The summed E-state index contributed by atoms with van der Waals surface area (Å²) in [7, 11) is 1.69. The summed E-state index contributed by atoms with van der Waals surface area (Å²) in [4.78, 5) is 24.3. The number of hydrogen-bond acceptors (Lipinski definition) is 4. The Balaban J connectivity index is 2.27. The molecule has 6 heteroatoms. The number of hydrogen-bond donors (Lipinski definition) is 2. The van der Waals surface area contributed by atoms with E-state index in [2.05, 4.69) is 5.32 Å². The van der Waals surface area contributed by atoms with Gasteiger partial charge in [-0.15, -0.1) is 0 Å². The number of benzene rings is 1. The Morgan fingerprint density at radius 1 is 1.42 bits per heavy atom. The average Bonchev–Trinajstić information content (AvgIpc) is 2.61. The molecule has 0 aliphatic carbocycles. The van der Waals surface area contributed by atoms with Gasteiger partial charge in [-0.2, -0.15) is 0 Å². The van der Waals surface area contributed by atoms with Crippen molar-refractivity contribution in [3.05, 3.63) is 23.5 Å². The van der Waals surface area contributed by atoms with Gasteiger partial charge in [-0.25, -0.2) is 4.39 Å². The number of Topliss-reactive ketones (excluding diaryl/α,β-unsaturated/α-hetero) is 1. The Bertz CT molecular complexity index is 543. The number of nitrogens with zero attached hydrogens (tertiary/aromatic N) is 1. The summed E-state index contributed by atoms with van der Waals surface area (Å²) in [6.07, 6.45) is 0.0272. The number of aliphatic hydroxyl groups is 1. The van der Waals surface area contributed by atoms with Crippen LogP contribution in [0.5, 0.6) is 0 Å². The SMILES string of the molecule is CC(O)CCN(C)c1cc2c(cc1F)C(=O)C(=O)N2. The molecule has 1 aromatic carbocycles. The van der Waals surface area contributed by atoms with E-state index in [4.69, 9.17) is 0 Å². The number of halogens is 1. The quantitative estimate of drug-likeness (QED) is 0.803. The van der Waals surface area contributed by atoms with E-state index in [1.807, 2.05) is 0 Å². The Labute approximate surface area is 110 Å². The van der Waals surface area contributed by atoms with E-state index >= 15 is 0 Å². The Kier molecular flexibility index (Phi) is 3.53. The predicted octanol–water partition coefficient (Wildman–Crippen LogP) is 1.17. The van der Waals surface area contributed by atoms with Crippen LogP contribution < -0.4 is 10.2 Å². The lowest BCUT2D eigenvalue weighted by atomic mass is 10.1. The molecular formula is C13H15FN2O3. The molecule has 19 heavy (non-hydrogen) atoms. The van der Waals surface area contributed by atoms with Gasteiger partial charge in [-0.05, 0) is 25.5 Å². The van der Waals surface area contributed by atoms with Crippen molar-refractivity contribution in [1.82, 2.24) is 0 Å². The third kappa shape index (κ3) is 2.58. The highest BCUT2D eigenvalue weighted by atomic mass is 19.1. The molecule has 2 N–H and O–H groups in total. The largest absolute Gasteiger partial charge is 0.393 e. The topological polar surface area (TPSA) is 69.6 Å². The third-order valence-corrected chi connectivity index (χ3v) is 3.08. The summed E-state index contributed by atoms with van der Waals surface area (Å²) in [6.45, 7) is 2.13. The van der Waals surface area contributed by atoms with Crippen LogP contribution in [0, 0.1) is 5.82 Å². The van der Waals surface area contributed by atoms with Gasteiger partial charge >= 0.3 is 0 Å². The molecule has 0 bridgehead atoms. The van der Waals surface area contributed by atoms with Crippen molar-refractivity contribution in [2.24, 2.45) is 0 Å². The fourth-order valence-electron chi connectivity index (χ4n) is 1.95. The van der Waals surface area contributed by atoms with E-state index in [1.165, 1.54) is 6.07 Å². The van der Waals surface area contributed by atoms with Crippen LogP contribution in [0.2, 0.25) is 0 Å². The second kappa shape index (κ2) is 4.97. The van der Waals surface area contributed by atoms with Crippen molar-refractivity contribution in [3.8, 4) is 0 Å². The molecular weight excluding hydrogens is 251 g/mol. The number of aliphatic hydroxyl groups excluding tert-OH is 1. The molecule has 1 aliphatic heterocycles. The molecule has 102 valence electrons. The first-order valence-electron chi connectivity index (χ1n) is 5.98. The third-order valence-electron chi connectivity index (χ3n) is 3.08. The highest BCUT2D eigenvalue weighted by Gasteiger charge is 2.29. The zero-order chi connectivity index (χ0) is 14.2. The monoisotopic (exact) mass is 266 g/mol. The lowest BCUT2D eigenvalue weighted by Gasteiger charge is -2.21. The maximum Gasteiger partial charge on any atom is 0.296 e. The number of rotatable bonds is 4. The molecule has 2 rings (SSSR count). The molecule has 1 aliphatic rings. The van der Waals surface area contributed by atoms with Crippen LogP contribution in [0.25, 0.3) is 0 Å². The minimum absolute atomic E-state index is 0.0650. The number of carbonyl (C=O) groups is 2. The Morgan fingerprint density at radius 3 is 2.74 bits per heavy atom. The fourth-order valence-corrected chi connectivity index (χ4v) is 1.95. The average molecular weight is 266 g/mol. The summed E-state index contributed by atoms with van der Waals surface area (Å²) in [5.74, 6) is -2.01. The number of fused-ring (bicyclic) bond motifs is 1. The molecule has 0 radical (unpaired) electrons. The van der Waals surface area contributed by atoms with Gasteiger partial charge < -0.3 is 15.3 Å². The van der Waals surface area contributed by atoms with Gasteiger partial charge in [0.05, 0.1) is 23.0 Å². The summed E-state index contributed by atoms with van der Waals surface area (Å²) in [6, 6.07) is 2.51. The van der Waals surface area contributed by atoms with Crippen molar-refractivity contribution in [3.63, 3.8) is 0 Å². The first kappa shape index (κ1) is 13.5. The van der Waals surface area contributed by atoms with Crippen LogP contribution >= 0.6 is 0 Å². The zero-order valence-electron chi connectivity index (χ0n) is 10.7. The number of ketones is 1. The Hall–Kier alpha value is -1.95. The van der Waals surface area contributed by atoms with Gasteiger partial charge in [0.15, 0.2) is 0 Å². The van der Waals surface area contributed by atoms with Crippen molar-refractivity contribution >= 4 is 23.1 Å². The molecule has 0 saturated carbocycles. The van der Waals surface area contributed by atoms with Crippen LogP contribution in [0.4, 0.5) is 15.8 Å². The van der Waals surface area contributed by atoms with E-state index in [-0.39, 0.29) is 11.3 Å². The van der Waals surface area contributed by atoms with Crippen LogP contribution in [-0.4, -0.2) is 36.5 Å². The van der Waals surface area contributed by atoms with Gasteiger partial charge in [0, 0.05) is 13.6 Å². The second-order valence-electron chi connectivity index (χ2n) is 4.69. The first-order valence-corrected chi connectivity index (χ1v) is 5.98. The number of carbonyl (C=O) groups excluding carboxylic acids is 2. The number of amides is 1. The van der Waals surface area contributed by atoms with E-state index in [0.29, 0.717) is 18.7 Å². The van der Waals surface area contributed by atoms with E-state index in [0.717, 1.165) is 6.07 Å². The molecule has 0 fully saturated rings. The molecule has 0 saturated heterocycles. The van der Waals surface area contributed by atoms with Gasteiger partial charge in [0.25, 0.3) is 11.7 Å². The van der Waals surface area contributed by atoms with Gasteiger partial charge in [0.2, 0.25) is 0 Å². The molecule has 0 spiro atoms. The first-order chi connectivity index (χ1) is 8.90. The standard InChI is InChI=1S/C13H15FN2O3/c1-7(17)3-4-16(2)11-6-10-8(5-9(11)14)12(18)13(19)15-10/h5-7,17H,3-4H2,1-2H3,(H,15,18,19). The minimum atomic E-state index is -0.738. The maximum atomic E-state index is 13.9. The Morgan fingerprint density at radius 2 is 2.11 bits per heavy atom. The molecule has 0 aromatic heterocycles. The maximum absolute atomic E-state index is 13.9. The van der Waals surface area contributed by atoms with Crippen LogP contribution in [0.15, 0.2) is 12.1 Å². The second-order valence-corrected chi connectivity index (χ2v) is 4.69. The molecule has 1 aromatic rings. The van der Waals surface area contributed by atoms with Crippen molar-refractivity contribution in [1.29, 1.82) is 0 Å². The fraction of sp³-hybridized carbons (Fsp3) is 0.385. The number of nitrogens with one attached hydrogen (secondary N) is 1. The minimum Gasteiger partial charge on any atom is -0.393 e. The number of anilines is 2. The molecule has 1 amide bonds. The predicted molar refractivity (Wildman–Crippen MR) is 68.9 cm³/mol. The van der Waals surface area contributed by atoms with Gasteiger partial charge in [0.1, 0.15) is 5.82 Å². The molecule has 1 unspecified atom stereocenters. The van der Waals surface area contributed by atoms with E-state index < -0.39 is 23.6 Å². The zero-order valence-corrected chi connectivity index (χ0v) is 10.7. The van der Waals surface area contributed by atoms with Crippen LogP contribution in [0.1, 0.15) is 23.7 Å². The van der Waals surface area contributed by atoms with Gasteiger partial charge in [-0.1, -0.05) is 0 Å². The lowest BCUT2D eigenvalue weighted by Crippen LogP contribution is -2.22. The van der Waals surface area contributed by atoms with E-state index in [9.17, 15) is 19.1 Å². The molecule has 1 atom stereocenters. The van der Waals surface area contributed by atoms with Gasteiger partial charge in [-0.3, -0.25) is 9.59 Å².